The molecular formula is C30H46O3. The Morgan fingerprint density at radius 3 is 2.15 bits per heavy atom. The predicted octanol–water partition coefficient (Wildman–Crippen LogP) is 7.30. The maximum Gasteiger partial charge on any atom is 0.309 e. The molecule has 3 heteroatoms. The number of carboxylic acids is 1. The summed E-state index contributed by atoms with van der Waals surface area (Å²) in [5.74, 6) is 1.51. The van der Waals surface area contributed by atoms with Crippen LogP contribution in [0.5, 0.6) is 0 Å². The van der Waals surface area contributed by atoms with Gasteiger partial charge in [-0.15, -0.1) is 0 Å². The van der Waals surface area contributed by atoms with Crippen LogP contribution in [0.15, 0.2) is 12.2 Å². The second kappa shape index (κ2) is 6.76. The van der Waals surface area contributed by atoms with E-state index in [1.54, 1.807) is 0 Å². The molecule has 4 saturated carbocycles. The van der Waals surface area contributed by atoms with Gasteiger partial charge in [0, 0.05) is 5.41 Å². The highest BCUT2D eigenvalue weighted by molar-refractivity contribution is 5.95. The summed E-state index contributed by atoms with van der Waals surface area (Å²) in [6.45, 7) is 16.6. The fourth-order valence-electron chi connectivity index (χ4n) is 10.7. The van der Waals surface area contributed by atoms with Crippen molar-refractivity contribution < 1.29 is 14.7 Å². The summed E-state index contributed by atoms with van der Waals surface area (Å²) in [6.07, 6.45) is 13.6. The van der Waals surface area contributed by atoms with Gasteiger partial charge in [-0.25, -0.2) is 0 Å². The van der Waals surface area contributed by atoms with Gasteiger partial charge in [-0.2, -0.15) is 0 Å². The SMILES string of the molecule is CC1(C)CC[C@]2(C(=O)O)CC[C@]3(C)[C@H](CC[C@@H]4[C@@]5(C)C=CC(=O)C(C)(C)C5CC[C@]43C)[C@H]2C1. The standard InChI is InChI=1S/C30H46O3/c1-25(2)14-16-30(24(32)33)17-15-28(6)19(20(30)18-25)8-9-22-27(5)12-11-23(31)26(3,4)21(27)10-13-29(22,28)7/h11-12,19-22H,8-10,13-18H2,1-7H3,(H,32,33)/t19-,20-,21?,22-,27+,28-,29-,30+/m1/s1. The van der Waals surface area contributed by atoms with Crippen molar-refractivity contribution in [3.05, 3.63) is 12.2 Å². The van der Waals surface area contributed by atoms with Crippen molar-refractivity contribution in [3.63, 3.8) is 0 Å². The van der Waals surface area contributed by atoms with Gasteiger partial charge in [-0.3, -0.25) is 9.59 Å². The number of aliphatic carboxylic acids is 1. The highest BCUT2D eigenvalue weighted by Gasteiger charge is 2.70. The molecule has 5 aliphatic rings. The molecule has 3 nitrogen and oxygen atoms in total. The van der Waals surface area contributed by atoms with E-state index in [0.717, 1.165) is 44.9 Å². The van der Waals surface area contributed by atoms with Crippen LogP contribution in [0.4, 0.5) is 0 Å². The minimum atomic E-state index is -0.525. The van der Waals surface area contributed by atoms with Crippen LogP contribution in [0.3, 0.4) is 0 Å². The van der Waals surface area contributed by atoms with Crippen molar-refractivity contribution in [2.45, 2.75) is 106 Å². The minimum absolute atomic E-state index is 0.0472. The van der Waals surface area contributed by atoms with Crippen molar-refractivity contribution in [1.29, 1.82) is 0 Å². The molecule has 0 spiro atoms. The molecule has 184 valence electrons. The Morgan fingerprint density at radius 1 is 0.818 bits per heavy atom. The second-order valence-corrected chi connectivity index (χ2v) is 14.9. The zero-order valence-corrected chi connectivity index (χ0v) is 22.1. The normalized spacial score (nSPS) is 52.2. The van der Waals surface area contributed by atoms with Gasteiger partial charge in [-0.05, 0) is 109 Å². The van der Waals surface area contributed by atoms with Crippen LogP contribution in [0.25, 0.3) is 0 Å². The molecule has 0 heterocycles. The first-order valence-electron chi connectivity index (χ1n) is 13.6. The van der Waals surface area contributed by atoms with Crippen LogP contribution in [-0.4, -0.2) is 16.9 Å². The summed E-state index contributed by atoms with van der Waals surface area (Å²) in [6, 6.07) is 0. The van der Waals surface area contributed by atoms with Gasteiger partial charge in [0.15, 0.2) is 5.78 Å². The lowest BCUT2D eigenvalue weighted by molar-refractivity contribution is -0.232. The highest BCUT2D eigenvalue weighted by Crippen LogP contribution is 2.76. The lowest BCUT2D eigenvalue weighted by Gasteiger charge is -2.72. The van der Waals surface area contributed by atoms with Crippen LogP contribution in [0.1, 0.15) is 106 Å². The second-order valence-electron chi connectivity index (χ2n) is 14.9. The van der Waals surface area contributed by atoms with E-state index in [0.29, 0.717) is 29.5 Å². The van der Waals surface area contributed by atoms with E-state index >= 15 is 0 Å². The Labute approximate surface area is 201 Å². The van der Waals surface area contributed by atoms with Gasteiger partial charge in [0.1, 0.15) is 0 Å². The van der Waals surface area contributed by atoms with E-state index in [4.69, 9.17) is 0 Å². The number of carbonyl (C=O) groups excluding carboxylic acids is 1. The maximum atomic E-state index is 12.8. The van der Waals surface area contributed by atoms with Crippen LogP contribution in [0, 0.1) is 56.2 Å². The molecule has 0 aliphatic heterocycles. The van der Waals surface area contributed by atoms with E-state index in [1.165, 1.54) is 12.8 Å². The summed E-state index contributed by atoms with van der Waals surface area (Å²) in [5.41, 5.74) is -0.163. The van der Waals surface area contributed by atoms with Crippen molar-refractivity contribution in [1.82, 2.24) is 0 Å². The van der Waals surface area contributed by atoms with Crippen LogP contribution < -0.4 is 0 Å². The number of carbonyl (C=O) groups is 2. The van der Waals surface area contributed by atoms with E-state index in [9.17, 15) is 14.7 Å². The molecule has 0 radical (unpaired) electrons. The summed E-state index contributed by atoms with van der Waals surface area (Å²) in [5, 5.41) is 10.5. The highest BCUT2D eigenvalue weighted by atomic mass is 16.4. The van der Waals surface area contributed by atoms with E-state index < -0.39 is 11.4 Å². The number of ketones is 1. The molecule has 0 aromatic carbocycles. The number of carboxylic acid groups (broad SMARTS) is 1. The molecular weight excluding hydrogens is 408 g/mol. The number of hydrogen-bond acceptors (Lipinski definition) is 2. The molecule has 5 aliphatic carbocycles. The van der Waals surface area contributed by atoms with Gasteiger partial charge in [0.2, 0.25) is 0 Å². The third-order valence-electron chi connectivity index (χ3n) is 12.9. The third kappa shape index (κ3) is 2.80. The summed E-state index contributed by atoms with van der Waals surface area (Å²) >= 11 is 0. The van der Waals surface area contributed by atoms with Crippen LogP contribution >= 0.6 is 0 Å². The summed E-state index contributed by atoms with van der Waals surface area (Å²) in [4.78, 5) is 25.6. The third-order valence-corrected chi connectivity index (χ3v) is 12.9. The lowest BCUT2D eigenvalue weighted by atomic mass is 9.32. The zero-order valence-electron chi connectivity index (χ0n) is 22.1. The Bertz CT molecular complexity index is 914. The number of hydrogen-bond donors (Lipinski definition) is 1. The molecule has 33 heavy (non-hydrogen) atoms. The van der Waals surface area contributed by atoms with E-state index in [1.807, 2.05) is 6.08 Å². The fourth-order valence-corrected chi connectivity index (χ4v) is 10.7. The van der Waals surface area contributed by atoms with Gasteiger partial charge in [-0.1, -0.05) is 54.5 Å². The van der Waals surface area contributed by atoms with Gasteiger partial charge >= 0.3 is 5.97 Å². The van der Waals surface area contributed by atoms with Crippen molar-refractivity contribution in [2.24, 2.45) is 56.2 Å². The number of fused-ring (bicyclic) bond motifs is 7. The quantitative estimate of drug-likeness (QED) is 0.452. The van der Waals surface area contributed by atoms with Gasteiger partial charge in [0.25, 0.3) is 0 Å². The maximum absolute atomic E-state index is 12.8. The molecule has 0 aromatic heterocycles. The molecule has 1 unspecified atom stereocenters. The molecule has 0 aromatic rings. The number of allylic oxidation sites excluding steroid dienone is 2. The molecule has 0 bridgehead atoms. The molecule has 4 fully saturated rings. The van der Waals surface area contributed by atoms with Crippen LogP contribution in [0.2, 0.25) is 0 Å². The molecule has 0 amide bonds. The molecule has 5 rings (SSSR count). The smallest absolute Gasteiger partial charge is 0.309 e. The first-order chi connectivity index (χ1) is 15.1. The minimum Gasteiger partial charge on any atom is -0.481 e. The predicted molar refractivity (Wildman–Crippen MR) is 132 cm³/mol. The average Bonchev–Trinajstić information content (AvgIpc) is 2.71. The van der Waals surface area contributed by atoms with E-state index in [2.05, 4.69) is 54.5 Å². The Hall–Kier alpha value is -1.12. The summed E-state index contributed by atoms with van der Waals surface area (Å²) < 4.78 is 0. The molecule has 1 N–H and O–H groups in total. The lowest BCUT2D eigenvalue weighted by Crippen LogP contribution is -2.66. The summed E-state index contributed by atoms with van der Waals surface area (Å²) in [7, 11) is 0. The first-order valence-corrected chi connectivity index (χ1v) is 13.6. The Balaban J connectivity index is 1.57. The molecule has 0 saturated heterocycles. The zero-order chi connectivity index (χ0) is 24.2. The van der Waals surface area contributed by atoms with Crippen LogP contribution in [-0.2, 0) is 9.59 Å². The Kier molecular flexibility index (Phi) is 4.83. The Morgan fingerprint density at radius 2 is 1.48 bits per heavy atom. The van der Waals surface area contributed by atoms with Crippen molar-refractivity contribution in [2.75, 3.05) is 0 Å². The average molecular weight is 455 g/mol. The monoisotopic (exact) mass is 454 g/mol. The van der Waals surface area contributed by atoms with Gasteiger partial charge < -0.3 is 5.11 Å². The fraction of sp³-hybridized carbons (Fsp3) is 0.867. The first kappa shape index (κ1) is 23.6. The topological polar surface area (TPSA) is 54.4 Å². The largest absolute Gasteiger partial charge is 0.481 e. The van der Waals surface area contributed by atoms with Crippen molar-refractivity contribution in [3.8, 4) is 0 Å². The number of rotatable bonds is 1. The van der Waals surface area contributed by atoms with E-state index in [-0.39, 0.29) is 27.1 Å². The molecule has 8 atom stereocenters. The van der Waals surface area contributed by atoms with Crippen molar-refractivity contribution >= 4 is 11.8 Å². The van der Waals surface area contributed by atoms with Gasteiger partial charge in [0.05, 0.1) is 5.41 Å².